The molecule has 3 heterocycles. The van der Waals surface area contributed by atoms with Gasteiger partial charge in [-0.1, -0.05) is 23.7 Å². The Morgan fingerprint density at radius 3 is 2.63 bits per heavy atom. The van der Waals surface area contributed by atoms with E-state index in [0.29, 0.717) is 24.8 Å². The molecule has 0 saturated carbocycles. The van der Waals surface area contributed by atoms with Crippen LogP contribution in [-0.2, 0) is 0 Å². The molecule has 8 heteroatoms. The monoisotopic (exact) mass is 409 g/mol. The van der Waals surface area contributed by atoms with Crippen molar-refractivity contribution in [3.05, 3.63) is 47.2 Å². The molecule has 1 aromatic carbocycles. The fourth-order valence-electron chi connectivity index (χ4n) is 3.74. The first-order valence-corrected chi connectivity index (χ1v) is 9.65. The lowest BCUT2D eigenvalue weighted by Gasteiger charge is -2.36. The second-order valence-electron chi connectivity index (χ2n) is 6.91. The fraction of sp³-hybridized carbons (Fsp3) is 0.474. The number of benzene rings is 1. The summed E-state index contributed by atoms with van der Waals surface area (Å²) in [4.78, 5) is 16.9. The van der Waals surface area contributed by atoms with Gasteiger partial charge in [-0.2, -0.15) is 5.10 Å². The number of amides is 1. The van der Waals surface area contributed by atoms with Crippen LogP contribution >= 0.6 is 24.0 Å². The molecule has 1 aromatic heterocycles. The summed E-state index contributed by atoms with van der Waals surface area (Å²) in [5, 5.41) is 8.70. The summed E-state index contributed by atoms with van der Waals surface area (Å²) in [6.45, 7) is 4.92. The Kier molecular flexibility index (Phi) is 6.63. The summed E-state index contributed by atoms with van der Waals surface area (Å²) in [6.07, 6.45) is 4.20. The van der Waals surface area contributed by atoms with Crippen molar-refractivity contribution in [1.29, 1.82) is 0 Å². The Morgan fingerprint density at radius 2 is 1.93 bits per heavy atom. The van der Waals surface area contributed by atoms with Crippen molar-refractivity contribution < 1.29 is 4.79 Å². The number of rotatable bonds is 3. The first-order chi connectivity index (χ1) is 12.7. The summed E-state index contributed by atoms with van der Waals surface area (Å²) in [5.41, 5.74) is 1.58. The zero-order valence-electron chi connectivity index (χ0n) is 15.2. The third-order valence-corrected chi connectivity index (χ3v) is 5.55. The summed E-state index contributed by atoms with van der Waals surface area (Å²) in [6, 6.07) is 10.1. The quantitative estimate of drug-likeness (QED) is 0.846. The maximum absolute atomic E-state index is 12.8. The van der Waals surface area contributed by atoms with E-state index < -0.39 is 0 Å². The largest absolute Gasteiger partial charge is 0.367 e. The van der Waals surface area contributed by atoms with Gasteiger partial charge in [0.15, 0.2) is 0 Å². The summed E-state index contributed by atoms with van der Waals surface area (Å²) in [7, 11) is 0. The van der Waals surface area contributed by atoms with Crippen LogP contribution in [0.25, 0.3) is 0 Å². The second kappa shape index (κ2) is 8.95. The van der Waals surface area contributed by atoms with E-state index in [1.807, 2.05) is 46.1 Å². The first kappa shape index (κ1) is 20.0. The molecule has 1 atom stereocenters. The number of carbonyl (C=O) groups excluding carboxylic acids is 1. The first-order valence-electron chi connectivity index (χ1n) is 9.27. The van der Waals surface area contributed by atoms with Crippen LogP contribution in [0.1, 0.15) is 29.4 Å². The van der Waals surface area contributed by atoms with Gasteiger partial charge in [0.2, 0.25) is 0 Å². The number of para-hydroxylation sites is 1. The molecule has 2 aliphatic heterocycles. The van der Waals surface area contributed by atoms with E-state index in [2.05, 4.69) is 15.3 Å². The van der Waals surface area contributed by atoms with Gasteiger partial charge in [-0.05, 0) is 37.6 Å². The van der Waals surface area contributed by atoms with Gasteiger partial charge in [-0.25, -0.2) is 0 Å². The minimum Gasteiger partial charge on any atom is -0.367 e. The lowest BCUT2D eigenvalue weighted by atomic mass is 10.1. The van der Waals surface area contributed by atoms with Crippen LogP contribution in [0.2, 0.25) is 5.02 Å². The maximum atomic E-state index is 12.8. The molecule has 4 rings (SSSR count). The van der Waals surface area contributed by atoms with Gasteiger partial charge in [0.1, 0.15) is 5.69 Å². The van der Waals surface area contributed by atoms with Crippen LogP contribution in [-0.4, -0.2) is 59.9 Å². The van der Waals surface area contributed by atoms with Crippen molar-refractivity contribution in [3.8, 4) is 0 Å². The van der Waals surface area contributed by atoms with Gasteiger partial charge < -0.3 is 15.1 Å². The molecule has 0 aliphatic carbocycles. The van der Waals surface area contributed by atoms with E-state index in [-0.39, 0.29) is 18.3 Å². The smallest absolute Gasteiger partial charge is 0.274 e. The molecular weight excluding hydrogens is 385 g/mol. The molecule has 0 bridgehead atoms. The molecule has 27 heavy (non-hydrogen) atoms. The molecule has 2 saturated heterocycles. The number of nitrogens with one attached hydrogen (secondary N) is 1. The van der Waals surface area contributed by atoms with Crippen molar-refractivity contribution >= 4 is 35.6 Å². The van der Waals surface area contributed by atoms with Crippen molar-refractivity contribution in [1.82, 2.24) is 20.0 Å². The van der Waals surface area contributed by atoms with Crippen LogP contribution in [0.4, 0.5) is 5.69 Å². The Labute approximate surface area is 170 Å². The molecule has 146 valence electrons. The highest BCUT2D eigenvalue weighted by Gasteiger charge is 2.25. The highest BCUT2D eigenvalue weighted by molar-refractivity contribution is 6.33. The van der Waals surface area contributed by atoms with Gasteiger partial charge in [-0.3, -0.25) is 9.48 Å². The number of anilines is 1. The highest BCUT2D eigenvalue weighted by atomic mass is 35.5. The number of piperidine rings is 1. The van der Waals surface area contributed by atoms with Crippen molar-refractivity contribution in [2.24, 2.45) is 0 Å². The van der Waals surface area contributed by atoms with Crippen molar-refractivity contribution in [2.45, 2.75) is 18.9 Å². The van der Waals surface area contributed by atoms with E-state index in [0.717, 1.165) is 49.7 Å². The Balaban J connectivity index is 0.00000210. The molecule has 2 aromatic rings. The Morgan fingerprint density at radius 1 is 1.15 bits per heavy atom. The van der Waals surface area contributed by atoms with Gasteiger partial charge in [-0.15, -0.1) is 12.4 Å². The van der Waals surface area contributed by atoms with Gasteiger partial charge in [0.05, 0.1) is 16.8 Å². The van der Waals surface area contributed by atoms with E-state index in [9.17, 15) is 4.79 Å². The molecule has 1 unspecified atom stereocenters. The number of hydrogen-bond donors (Lipinski definition) is 1. The fourth-order valence-corrected chi connectivity index (χ4v) is 3.99. The molecule has 1 amide bonds. The third kappa shape index (κ3) is 4.39. The lowest BCUT2D eigenvalue weighted by Crippen LogP contribution is -2.49. The predicted molar refractivity (Wildman–Crippen MR) is 110 cm³/mol. The summed E-state index contributed by atoms with van der Waals surface area (Å²) in [5.74, 6) is 0.0197. The minimum absolute atomic E-state index is 0. The van der Waals surface area contributed by atoms with E-state index in [1.165, 1.54) is 0 Å². The van der Waals surface area contributed by atoms with Crippen LogP contribution in [0, 0.1) is 0 Å². The van der Waals surface area contributed by atoms with E-state index in [1.54, 1.807) is 0 Å². The molecule has 6 nitrogen and oxygen atoms in total. The van der Waals surface area contributed by atoms with Crippen molar-refractivity contribution in [3.63, 3.8) is 0 Å². The van der Waals surface area contributed by atoms with Gasteiger partial charge >= 0.3 is 0 Å². The zero-order valence-corrected chi connectivity index (χ0v) is 16.8. The number of piperazine rings is 1. The molecule has 0 radical (unpaired) electrons. The molecule has 1 N–H and O–H groups in total. The van der Waals surface area contributed by atoms with Gasteiger partial charge in [0.25, 0.3) is 5.91 Å². The number of aromatic nitrogens is 2. The van der Waals surface area contributed by atoms with Crippen LogP contribution in [0.3, 0.4) is 0 Å². The van der Waals surface area contributed by atoms with Crippen LogP contribution in [0.5, 0.6) is 0 Å². The van der Waals surface area contributed by atoms with Crippen LogP contribution in [0.15, 0.2) is 36.5 Å². The van der Waals surface area contributed by atoms with Crippen molar-refractivity contribution in [2.75, 3.05) is 44.2 Å². The number of hydrogen-bond acceptors (Lipinski definition) is 4. The average molecular weight is 410 g/mol. The number of halogens is 2. The maximum Gasteiger partial charge on any atom is 0.274 e. The molecule has 2 fully saturated rings. The molecule has 2 aliphatic rings. The normalized spacial score (nSPS) is 20.3. The SMILES string of the molecule is Cl.O=C(c1ccn(C2CCCNC2)n1)N1CCN(c2ccccc2Cl)CC1. The second-order valence-corrected chi connectivity index (χ2v) is 7.32. The molecule has 0 spiro atoms. The van der Waals surface area contributed by atoms with E-state index in [4.69, 9.17) is 11.6 Å². The topological polar surface area (TPSA) is 53.4 Å². The third-order valence-electron chi connectivity index (χ3n) is 5.23. The van der Waals surface area contributed by atoms with Gasteiger partial charge in [0, 0.05) is 38.9 Å². The number of carbonyl (C=O) groups is 1. The average Bonchev–Trinajstić information content (AvgIpc) is 3.19. The van der Waals surface area contributed by atoms with E-state index >= 15 is 0 Å². The standard InChI is InChI=1S/C19H24ClN5O.ClH/c20-16-5-1-2-6-18(16)23-10-12-24(13-11-23)19(26)17-7-9-25(22-17)15-4-3-8-21-14-15;/h1-2,5-7,9,15,21H,3-4,8,10-14H2;1H. The highest BCUT2D eigenvalue weighted by Crippen LogP contribution is 2.26. The zero-order chi connectivity index (χ0) is 17.9. The Bertz CT molecular complexity index is 767. The lowest BCUT2D eigenvalue weighted by molar-refractivity contribution is 0.0739. The van der Waals surface area contributed by atoms with Crippen LogP contribution < -0.4 is 10.2 Å². The predicted octanol–water partition coefficient (Wildman–Crippen LogP) is 2.85. The minimum atomic E-state index is 0. The number of nitrogens with zero attached hydrogens (tertiary/aromatic N) is 4. The molecular formula is C19H25Cl2N5O. The summed E-state index contributed by atoms with van der Waals surface area (Å²) < 4.78 is 1.94. The summed E-state index contributed by atoms with van der Waals surface area (Å²) >= 11 is 6.29. The Hall–Kier alpha value is -1.76.